The summed E-state index contributed by atoms with van der Waals surface area (Å²) in [6.07, 6.45) is 0.303. The highest BCUT2D eigenvalue weighted by Crippen LogP contribution is 2.29. The third-order valence-electron chi connectivity index (χ3n) is 2.74. The maximum Gasteiger partial charge on any atom is 0.180 e. The fourth-order valence-corrected chi connectivity index (χ4v) is 3.44. The number of aromatic nitrogens is 2. The van der Waals surface area contributed by atoms with Crippen LogP contribution < -0.4 is 0 Å². The summed E-state index contributed by atoms with van der Waals surface area (Å²) in [6, 6.07) is 0. The van der Waals surface area contributed by atoms with Gasteiger partial charge in [0.05, 0.1) is 32.2 Å². The number of aryl methyl sites for hydroxylation is 3. The Morgan fingerprint density at radius 3 is 2.67 bits per heavy atom. The topological polar surface area (TPSA) is 34.9 Å². The molecule has 0 saturated heterocycles. The van der Waals surface area contributed by atoms with Crippen LogP contribution in [-0.2, 0) is 13.5 Å². The Hall–Kier alpha value is -0.650. The van der Waals surface area contributed by atoms with E-state index in [1.807, 2.05) is 26.3 Å². The molecule has 0 radical (unpaired) electrons. The first-order chi connectivity index (χ1) is 8.41. The van der Waals surface area contributed by atoms with Crippen molar-refractivity contribution in [1.82, 2.24) is 9.78 Å². The summed E-state index contributed by atoms with van der Waals surface area (Å²) in [5.74, 6) is 0.0294. The molecule has 0 aliphatic heterocycles. The smallest absolute Gasteiger partial charge is 0.180 e. The van der Waals surface area contributed by atoms with Crippen LogP contribution in [0.25, 0.3) is 0 Å². The summed E-state index contributed by atoms with van der Waals surface area (Å²) < 4.78 is 2.62. The largest absolute Gasteiger partial charge is 0.293 e. The zero-order valence-electron chi connectivity index (χ0n) is 10.3. The van der Waals surface area contributed by atoms with E-state index in [2.05, 4.69) is 21.0 Å². The lowest BCUT2D eigenvalue weighted by molar-refractivity contribution is 0.0994. The summed E-state index contributed by atoms with van der Waals surface area (Å²) in [7, 11) is 1.83. The maximum absolute atomic E-state index is 12.2. The molecule has 0 saturated carbocycles. The van der Waals surface area contributed by atoms with Crippen molar-refractivity contribution in [1.29, 1.82) is 0 Å². The van der Waals surface area contributed by atoms with E-state index < -0.39 is 0 Å². The van der Waals surface area contributed by atoms with E-state index in [9.17, 15) is 4.79 Å². The summed E-state index contributed by atoms with van der Waals surface area (Å²) in [6.45, 7) is 3.81. The molecular weight excluding hydrogens is 336 g/mol. The van der Waals surface area contributed by atoms with Gasteiger partial charge in [-0.3, -0.25) is 9.48 Å². The number of thiophene rings is 1. The molecule has 2 rings (SSSR count). The van der Waals surface area contributed by atoms with Crippen LogP contribution >= 0.6 is 38.9 Å². The normalized spacial score (nSPS) is 10.9. The highest BCUT2D eigenvalue weighted by Gasteiger charge is 2.19. The molecule has 0 aliphatic carbocycles. The Bertz CT molecular complexity index is 618. The van der Waals surface area contributed by atoms with Crippen molar-refractivity contribution in [2.75, 3.05) is 0 Å². The molecule has 96 valence electrons. The first-order valence-corrected chi connectivity index (χ1v) is 7.41. The molecular formula is C12H12BrClN2OS. The molecule has 18 heavy (non-hydrogen) atoms. The van der Waals surface area contributed by atoms with Gasteiger partial charge in [-0.15, -0.1) is 11.3 Å². The highest BCUT2D eigenvalue weighted by atomic mass is 79.9. The molecule has 0 aliphatic rings. The van der Waals surface area contributed by atoms with E-state index in [4.69, 9.17) is 11.6 Å². The summed E-state index contributed by atoms with van der Waals surface area (Å²) in [5.41, 5.74) is 2.71. The zero-order valence-corrected chi connectivity index (χ0v) is 13.4. The zero-order chi connectivity index (χ0) is 13.4. The average molecular weight is 348 g/mol. The van der Waals surface area contributed by atoms with Crippen LogP contribution in [0.15, 0.2) is 9.85 Å². The van der Waals surface area contributed by atoms with E-state index in [-0.39, 0.29) is 5.78 Å². The molecule has 0 amide bonds. The van der Waals surface area contributed by atoms with Crippen molar-refractivity contribution in [3.63, 3.8) is 0 Å². The number of ketones is 1. The molecule has 0 unspecified atom stereocenters. The van der Waals surface area contributed by atoms with E-state index >= 15 is 0 Å². The molecule has 6 heteroatoms. The minimum atomic E-state index is 0.0294. The van der Waals surface area contributed by atoms with Crippen molar-refractivity contribution in [3.05, 3.63) is 36.7 Å². The van der Waals surface area contributed by atoms with Gasteiger partial charge in [0.1, 0.15) is 0 Å². The van der Waals surface area contributed by atoms with Crippen LogP contribution in [0.4, 0.5) is 0 Å². The maximum atomic E-state index is 12.2. The van der Waals surface area contributed by atoms with Gasteiger partial charge in [0.25, 0.3) is 0 Å². The first-order valence-electron chi connectivity index (χ1n) is 5.36. The number of Topliss-reactive ketones (excluding diaryl/α,β-unsaturated/α-hetero) is 1. The van der Waals surface area contributed by atoms with Crippen LogP contribution in [0, 0.1) is 13.8 Å². The Morgan fingerprint density at radius 2 is 2.22 bits per heavy atom. The molecule has 2 heterocycles. The summed E-state index contributed by atoms with van der Waals surface area (Å²) in [5, 5.41) is 6.74. The van der Waals surface area contributed by atoms with Crippen LogP contribution in [0.3, 0.4) is 0 Å². The Kier molecular flexibility index (Phi) is 3.94. The van der Waals surface area contributed by atoms with Gasteiger partial charge in [-0.05, 0) is 40.7 Å². The standard InChI is InChI=1S/C12H12BrClN2OS/c1-6-5-18-12(11(6)14)9(17)4-8-10(13)7(2)15-16(8)3/h5H,4H2,1-3H3. The summed E-state index contributed by atoms with van der Waals surface area (Å²) in [4.78, 5) is 12.9. The molecule has 0 aromatic carbocycles. The van der Waals surface area contributed by atoms with Gasteiger partial charge in [0, 0.05) is 7.05 Å². The Labute approximate surface area is 123 Å². The number of hydrogen-bond donors (Lipinski definition) is 0. The van der Waals surface area contributed by atoms with Crippen molar-refractivity contribution < 1.29 is 4.79 Å². The van der Waals surface area contributed by atoms with E-state index in [0.717, 1.165) is 21.4 Å². The molecule has 0 bridgehead atoms. The number of nitrogens with zero attached hydrogens (tertiary/aromatic N) is 2. The van der Waals surface area contributed by atoms with E-state index in [1.165, 1.54) is 11.3 Å². The van der Waals surface area contributed by atoms with Crippen LogP contribution in [-0.4, -0.2) is 15.6 Å². The number of halogens is 2. The monoisotopic (exact) mass is 346 g/mol. The molecule has 0 atom stereocenters. The van der Waals surface area contributed by atoms with Gasteiger partial charge in [-0.1, -0.05) is 11.6 Å². The summed E-state index contributed by atoms with van der Waals surface area (Å²) >= 11 is 11.0. The van der Waals surface area contributed by atoms with Gasteiger partial charge in [0.2, 0.25) is 0 Å². The van der Waals surface area contributed by atoms with Gasteiger partial charge in [0.15, 0.2) is 5.78 Å². The quantitative estimate of drug-likeness (QED) is 0.788. The fraction of sp³-hybridized carbons (Fsp3) is 0.333. The van der Waals surface area contributed by atoms with Crippen LogP contribution in [0.2, 0.25) is 5.02 Å². The van der Waals surface area contributed by atoms with E-state index in [1.54, 1.807) is 4.68 Å². The van der Waals surface area contributed by atoms with Crippen LogP contribution in [0.5, 0.6) is 0 Å². The third-order valence-corrected chi connectivity index (χ3v) is 5.51. The van der Waals surface area contributed by atoms with Gasteiger partial charge < -0.3 is 0 Å². The van der Waals surface area contributed by atoms with Gasteiger partial charge in [-0.2, -0.15) is 5.10 Å². The second-order valence-electron chi connectivity index (χ2n) is 4.13. The van der Waals surface area contributed by atoms with Crippen molar-refractivity contribution in [2.45, 2.75) is 20.3 Å². The predicted octanol–water partition coefficient (Wildman–Crippen LogP) is 3.94. The Morgan fingerprint density at radius 1 is 1.56 bits per heavy atom. The predicted molar refractivity (Wildman–Crippen MR) is 77.7 cm³/mol. The minimum Gasteiger partial charge on any atom is -0.293 e. The van der Waals surface area contributed by atoms with Gasteiger partial charge >= 0.3 is 0 Å². The van der Waals surface area contributed by atoms with Gasteiger partial charge in [-0.25, -0.2) is 0 Å². The molecule has 2 aromatic heterocycles. The first kappa shape index (κ1) is 13.8. The third kappa shape index (κ3) is 2.39. The SMILES string of the molecule is Cc1csc(C(=O)Cc2c(Br)c(C)nn2C)c1Cl. The highest BCUT2D eigenvalue weighted by molar-refractivity contribution is 9.10. The number of carbonyl (C=O) groups excluding carboxylic acids is 1. The molecule has 0 spiro atoms. The number of rotatable bonds is 3. The average Bonchev–Trinajstić information content (AvgIpc) is 2.75. The fourth-order valence-electron chi connectivity index (χ4n) is 1.72. The molecule has 3 nitrogen and oxygen atoms in total. The van der Waals surface area contributed by atoms with Crippen molar-refractivity contribution >= 4 is 44.7 Å². The second kappa shape index (κ2) is 5.15. The number of carbonyl (C=O) groups is 1. The molecule has 0 fully saturated rings. The minimum absolute atomic E-state index is 0.0294. The van der Waals surface area contributed by atoms with Crippen molar-refractivity contribution in [3.8, 4) is 0 Å². The lowest BCUT2D eigenvalue weighted by Crippen LogP contribution is -2.07. The van der Waals surface area contributed by atoms with E-state index in [0.29, 0.717) is 16.3 Å². The second-order valence-corrected chi connectivity index (χ2v) is 6.18. The Balaban J connectivity index is 2.30. The molecule has 0 N–H and O–H groups in total. The van der Waals surface area contributed by atoms with Crippen molar-refractivity contribution in [2.24, 2.45) is 7.05 Å². The lowest BCUT2D eigenvalue weighted by Gasteiger charge is -2.02. The molecule has 2 aromatic rings. The number of hydrogen-bond acceptors (Lipinski definition) is 3. The lowest BCUT2D eigenvalue weighted by atomic mass is 10.1. The van der Waals surface area contributed by atoms with Crippen LogP contribution in [0.1, 0.15) is 26.6 Å².